The lowest BCUT2D eigenvalue weighted by Crippen LogP contribution is -2.54. The van der Waals surface area contributed by atoms with Crippen LogP contribution in [0.3, 0.4) is 0 Å². The molecule has 0 saturated carbocycles. The Balaban J connectivity index is 1.98. The summed E-state index contributed by atoms with van der Waals surface area (Å²) in [5, 5.41) is 12.0. The Morgan fingerprint density at radius 1 is 1.25 bits per heavy atom. The minimum absolute atomic E-state index is 0.0735. The van der Waals surface area contributed by atoms with Crippen molar-refractivity contribution in [3.63, 3.8) is 0 Å². The van der Waals surface area contributed by atoms with E-state index in [1.54, 1.807) is 6.92 Å². The monoisotopic (exact) mass is 396 g/mol. The van der Waals surface area contributed by atoms with Crippen LogP contribution in [0.2, 0.25) is 0 Å². The van der Waals surface area contributed by atoms with Crippen LogP contribution < -0.4 is 5.32 Å². The van der Waals surface area contributed by atoms with E-state index in [1.807, 2.05) is 13.8 Å². The molecule has 0 aromatic heterocycles. The van der Waals surface area contributed by atoms with Crippen LogP contribution in [0, 0.1) is 23.5 Å². The Labute approximate surface area is 162 Å². The van der Waals surface area contributed by atoms with Gasteiger partial charge in [-0.25, -0.2) is 8.78 Å². The zero-order valence-corrected chi connectivity index (χ0v) is 16.3. The largest absolute Gasteiger partial charge is 0.481 e. The van der Waals surface area contributed by atoms with Gasteiger partial charge in [-0.05, 0) is 37.8 Å². The molecule has 1 unspecified atom stereocenters. The normalized spacial score (nSPS) is 17.3. The van der Waals surface area contributed by atoms with Gasteiger partial charge in [-0.2, -0.15) is 0 Å². The average molecular weight is 396 g/mol. The van der Waals surface area contributed by atoms with Gasteiger partial charge < -0.3 is 15.3 Å². The van der Waals surface area contributed by atoms with E-state index in [9.17, 15) is 23.2 Å². The first kappa shape index (κ1) is 21.8. The Bertz CT molecular complexity index is 761. The first-order valence-electron chi connectivity index (χ1n) is 9.31. The predicted octanol–water partition coefficient (Wildman–Crippen LogP) is 2.82. The van der Waals surface area contributed by atoms with Gasteiger partial charge in [-0.1, -0.05) is 13.8 Å². The molecule has 0 bridgehead atoms. The van der Waals surface area contributed by atoms with Crippen LogP contribution in [0.5, 0.6) is 0 Å². The molecule has 8 heteroatoms. The summed E-state index contributed by atoms with van der Waals surface area (Å²) in [6.07, 6.45) is 0.598. The second kappa shape index (κ2) is 8.67. The van der Waals surface area contributed by atoms with Crippen LogP contribution in [0.1, 0.15) is 50.4 Å². The number of likely N-dealkylation sites (tertiary alicyclic amines) is 1. The van der Waals surface area contributed by atoms with Gasteiger partial charge in [0.2, 0.25) is 5.91 Å². The molecule has 0 spiro atoms. The van der Waals surface area contributed by atoms with Crippen molar-refractivity contribution in [2.24, 2.45) is 11.8 Å². The van der Waals surface area contributed by atoms with Crippen molar-refractivity contribution in [2.45, 2.75) is 45.6 Å². The maximum absolute atomic E-state index is 13.8. The molecular formula is C20H26F2N2O4. The molecule has 1 aromatic carbocycles. The third-order valence-electron chi connectivity index (χ3n) is 5.52. The molecule has 1 fully saturated rings. The van der Waals surface area contributed by atoms with Gasteiger partial charge in [0, 0.05) is 30.6 Å². The van der Waals surface area contributed by atoms with E-state index < -0.39 is 29.0 Å². The van der Waals surface area contributed by atoms with E-state index in [4.69, 9.17) is 5.11 Å². The van der Waals surface area contributed by atoms with Gasteiger partial charge in [0.15, 0.2) is 0 Å². The molecule has 2 N–H and O–H groups in total. The number of hydrogen-bond acceptors (Lipinski definition) is 3. The van der Waals surface area contributed by atoms with Crippen molar-refractivity contribution in [1.29, 1.82) is 0 Å². The predicted molar refractivity (Wildman–Crippen MR) is 98.6 cm³/mol. The smallest absolute Gasteiger partial charge is 0.305 e. The van der Waals surface area contributed by atoms with Gasteiger partial charge >= 0.3 is 5.97 Å². The van der Waals surface area contributed by atoms with Crippen molar-refractivity contribution in [3.05, 3.63) is 35.4 Å². The van der Waals surface area contributed by atoms with E-state index in [0.29, 0.717) is 18.9 Å². The summed E-state index contributed by atoms with van der Waals surface area (Å²) in [6, 6.07) is 2.82. The third-order valence-corrected chi connectivity index (χ3v) is 5.52. The van der Waals surface area contributed by atoms with E-state index >= 15 is 0 Å². The fourth-order valence-electron chi connectivity index (χ4n) is 3.27. The molecule has 2 rings (SSSR count). The summed E-state index contributed by atoms with van der Waals surface area (Å²) >= 11 is 0. The Morgan fingerprint density at radius 3 is 2.36 bits per heavy atom. The van der Waals surface area contributed by atoms with Crippen LogP contribution in [0.25, 0.3) is 0 Å². The highest BCUT2D eigenvalue weighted by Gasteiger charge is 2.36. The third kappa shape index (κ3) is 5.05. The molecule has 6 nitrogen and oxygen atoms in total. The SMILES string of the molecule is CC(C)C(C)(CC(=O)O)NC(=O)C1CCN(C(=O)c2ccc(F)cc2F)CC1. The summed E-state index contributed by atoms with van der Waals surface area (Å²) < 4.78 is 26.8. The molecule has 1 aliphatic heterocycles. The van der Waals surface area contributed by atoms with E-state index in [0.717, 1.165) is 12.1 Å². The maximum Gasteiger partial charge on any atom is 0.305 e. The summed E-state index contributed by atoms with van der Waals surface area (Å²) in [5.74, 6) is -3.85. The highest BCUT2D eigenvalue weighted by atomic mass is 19.1. The number of aliphatic carboxylic acids is 1. The van der Waals surface area contributed by atoms with E-state index in [-0.39, 0.29) is 42.8 Å². The fourth-order valence-corrected chi connectivity index (χ4v) is 3.27. The second-order valence-corrected chi connectivity index (χ2v) is 7.82. The molecule has 1 heterocycles. The number of carbonyl (C=O) groups is 3. The minimum atomic E-state index is -0.988. The molecular weight excluding hydrogens is 370 g/mol. The second-order valence-electron chi connectivity index (χ2n) is 7.82. The molecule has 1 aromatic rings. The number of rotatable bonds is 6. The minimum Gasteiger partial charge on any atom is -0.481 e. The highest BCUT2D eigenvalue weighted by molar-refractivity contribution is 5.94. The number of carboxylic acids is 1. The first-order chi connectivity index (χ1) is 13.0. The number of nitrogens with zero attached hydrogens (tertiary/aromatic N) is 1. The van der Waals surface area contributed by atoms with Crippen molar-refractivity contribution in [3.8, 4) is 0 Å². The van der Waals surface area contributed by atoms with Crippen molar-refractivity contribution >= 4 is 17.8 Å². The lowest BCUT2D eigenvalue weighted by molar-refractivity contribution is -0.140. The number of amides is 2. The molecule has 1 aliphatic rings. The average Bonchev–Trinajstić information content (AvgIpc) is 2.60. The molecule has 0 aliphatic carbocycles. The first-order valence-corrected chi connectivity index (χ1v) is 9.31. The Kier molecular flexibility index (Phi) is 6.74. The number of halogens is 2. The number of carboxylic acid groups (broad SMARTS) is 1. The van der Waals surface area contributed by atoms with Crippen LogP contribution in [-0.4, -0.2) is 46.4 Å². The van der Waals surface area contributed by atoms with Crippen LogP contribution in [0.15, 0.2) is 18.2 Å². The molecule has 28 heavy (non-hydrogen) atoms. The van der Waals surface area contributed by atoms with Crippen LogP contribution in [-0.2, 0) is 9.59 Å². The van der Waals surface area contributed by atoms with Gasteiger partial charge in [-0.15, -0.1) is 0 Å². The number of piperidine rings is 1. The lowest BCUT2D eigenvalue weighted by Gasteiger charge is -2.37. The maximum atomic E-state index is 13.8. The van der Waals surface area contributed by atoms with E-state index in [2.05, 4.69) is 5.32 Å². The van der Waals surface area contributed by atoms with Crippen molar-refractivity contribution in [1.82, 2.24) is 10.2 Å². The Morgan fingerprint density at radius 2 is 1.86 bits per heavy atom. The van der Waals surface area contributed by atoms with Crippen molar-refractivity contribution < 1.29 is 28.3 Å². The Hall–Kier alpha value is -2.51. The zero-order valence-electron chi connectivity index (χ0n) is 16.3. The topological polar surface area (TPSA) is 86.7 Å². The van der Waals surface area contributed by atoms with Crippen molar-refractivity contribution in [2.75, 3.05) is 13.1 Å². The number of nitrogens with one attached hydrogen (secondary N) is 1. The van der Waals surface area contributed by atoms with Gasteiger partial charge in [-0.3, -0.25) is 14.4 Å². The summed E-state index contributed by atoms with van der Waals surface area (Å²) in [6.45, 7) is 5.94. The van der Waals surface area contributed by atoms with E-state index in [1.165, 1.54) is 4.90 Å². The summed E-state index contributed by atoms with van der Waals surface area (Å²) in [4.78, 5) is 37.6. The van der Waals surface area contributed by atoms with Gasteiger partial charge in [0.05, 0.1) is 12.0 Å². The molecule has 2 amide bonds. The molecule has 1 saturated heterocycles. The fraction of sp³-hybridized carbons (Fsp3) is 0.550. The number of carbonyl (C=O) groups excluding carboxylic acids is 2. The highest BCUT2D eigenvalue weighted by Crippen LogP contribution is 2.25. The summed E-state index contributed by atoms with van der Waals surface area (Å²) in [7, 11) is 0. The quantitative estimate of drug-likeness (QED) is 0.774. The van der Waals surface area contributed by atoms with Gasteiger partial charge in [0.1, 0.15) is 11.6 Å². The molecule has 0 radical (unpaired) electrons. The zero-order chi connectivity index (χ0) is 21.1. The summed E-state index contributed by atoms with van der Waals surface area (Å²) in [5.41, 5.74) is -1.06. The molecule has 1 atom stereocenters. The number of benzene rings is 1. The molecule has 154 valence electrons. The lowest BCUT2D eigenvalue weighted by atomic mass is 9.84. The standard InChI is InChI=1S/C20H26F2N2O4/c1-12(2)20(3,11-17(25)26)23-18(27)13-6-8-24(9-7-13)19(28)15-5-4-14(21)10-16(15)22/h4-5,10,12-13H,6-9,11H2,1-3H3,(H,23,27)(H,25,26). The van der Waals surface area contributed by atoms with Crippen LogP contribution in [0.4, 0.5) is 8.78 Å². The van der Waals surface area contributed by atoms with Gasteiger partial charge in [0.25, 0.3) is 5.91 Å². The van der Waals surface area contributed by atoms with Crippen LogP contribution >= 0.6 is 0 Å². The number of hydrogen-bond donors (Lipinski definition) is 2.